The van der Waals surface area contributed by atoms with Gasteiger partial charge in [0.15, 0.2) is 0 Å². The van der Waals surface area contributed by atoms with Crippen LogP contribution in [-0.2, 0) is 6.42 Å². The summed E-state index contributed by atoms with van der Waals surface area (Å²) in [5.41, 5.74) is 1.15. The van der Waals surface area contributed by atoms with Crippen LogP contribution in [0.4, 0.5) is 0 Å². The number of alkyl halides is 1. The van der Waals surface area contributed by atoms with E-state index < -0.39 is 0 Å². The van der Waals surface area contributed by atoms with Gasteiger partial charge >= 0.3 is 0 Å². The van der Waals surface area contributed by atoms with Gasteiger partial charge in [0.05, 0.1) is 5.01 Å². The van der Waals surface area contributed by atoms with Crippen molar-refractivity contribution in [1.82, 2.24) is 4.98 Å². The van der Waals surface area contributed by atoms with Gasteiger partial charge in [0, 0.05) is 22.3 Å². The molecule has 0 spiro atoms. The molecule has 1 aromatic heterocycles. The Morgan fingerprint density at radius 1 is 1.67 bits per heavy atom. The van der Waals surface area contributed by atoms with Gasteiger partial charge in [0.2, 0.25) is 0 Å². The molecule has 12 heavy (non-hydrogen) atoms. The number of nitrogens with zero attached hydrogens (tertiary/aromatic N) is 1. The summed E-state index contributed by atoms with van der Waals surface area (Å²) in [6.45, 7) is 4.25. The Balaban J connectivity index is 2.33. The van der Waals surface area contributed by atoms with Gasteiger partial charge in [-0.25, -0.2) is 4.98 Å². The second-order valence-electron chi connectivity index (χ2n) is 2.93. The van der Waals surface area contributed by atoms with E-state index in [9.17, 15) is 0 Å². The van der Waals surface area contributed by atoms with Crippen LogP contribution in [-0.4, -0.2) is 9.81 Å². The summed E-state index contributed by atoms with van der Waals surface area (Å²) in [5.74, 6) is 0. The van der Waals surface area contributed by atoms with E-state index in [1.165, 1.54) is 17.8 Å². The van der Waals surface area contributed by atoms with E-state index in [2.05, 4.69) is 33.2 Å². The van der Waals surface area contributed by atoms with E-state index in [0.717, 1.165) is 12.1 Å². The fraction of sp³-hybridized carbons (Fsp3) is 0.667. The average Bonchev–Trinajstić information content (AvgIpc) is 2.47. The smallest absolute Gasteiger partial charge is 0.0928 e. The Hall–Kier alpha value is 0.110. The van der Waals surface area contributed by atoms with Gasteiger partial charge in [0.1, 0.15) is 0 Å². The van der Waals surface area contributed by atoms with Crippen molar-refractivity contribution in [3.63, 3.8) is 0 Å². The molecule has 0 aromatic carbocycles. The van der Waals surface area contributed by atoms with Crippen LogP contribution in [0.25, 0.3) is 0 Å². The molecule has 0 aliphatic heterocycles. The van der Waals surface area contributed by atoms with Crippen LogP contribution < -0.4 is 0 Å². The topological polar surface area (TPSA) is 12.9 Å². The van der Waals surface area contributed by atoms with Crippen LogP contribution >= 0.6 is 27.3 Å². The second-order valence-corrected chi connectivity index (χ2v) is 5.16. The van der Waals surface area contributed by atoms with Gasteiger partial charge in [-0.3, -0.25) is 0 Å². The Labute approximate surface area is 86.3 Å². The van der Waals surface area contributed by atoms with Gasteiger partial charge in [-0.1, -0.05) is 22.9 Å². The van der Waals surface area contributed by atoms with Crippen LogP contribution in [0.2, 0.25) is 0 Å². The Kier molecular flexibility index (Phi) is 4.22. The highest BCUT2D eigenvalue weighted by Gasteiger charge is 2.03. The van der Waals surface area contributed by atoms with Crippen molar-refractivity contribution >= 4 is 27.3 Å². The fourth-order valence-corrected chi connectivity index (χ4v) is 2.02. The molecular weight excluding hydrogens is 234 g/mol. The summed E-state index contributed by atoms with van der Waals surface area (Å²) in [7, 11) is 0. The molecule has 0 N–H and O–H groups in total. The lowest BCUT2D eigenvalue weighted by molar-refractivity contribution is 0.742. The number of hydrogen-bond donors (Lipinski definition) is 0. The zero-order valence-electron chi connectivity index (χ0n) is 7.51. The molecule has 1 atom stereocenters. The van der Waals surface area contributed by atoms with E-state index in [-0.39, 0.29) is 0 Å². The number of hydrogen-bond acceptors (Lipinski definition) is 2. The molecular formula is C9H14BrNS. The van der Waals surface area contributed by atoms with Gasteiger partial charge in [-0.15, -0.1) is 11.3 Å². The minimum absolute atomic E-state index is 0.654. The van der Waals surface area contributed by atoms with Crippen molar-refractivity contribution in [2.75, 3.05) is 0 Å². The normalized spacial score (nSPS) is 13.2. The number of halogens is 1. The average molecular weight is 248 g/mol. The Morgan fingerprint density at radius 2 is 2.42 bits per heavy atom. The van der Waals surface area contributed by atoms with E-state index >= 15 is 0 Å². The molecule has 0 aliphatic carbocycles. The van der Waals surface area contributed by atoms with E-state index in [1.54, 1.807) is 11.3 Å². The van der Waals surface area contributed by atoms with Crippen molar-refractivity contribution in [3.05, 3.63) is 16.1 Å². The summed E-state index contributed by atoms with van der Waals surface area (Å²) in [5, 5.41) is 3.38. The molecule has 1 unspecified atom stereocenters. The molecule has 1 rings (SSSR count). The molecule has 1 nitrogen and oxygen atoms in total. The number of aryl methyl sites for hydroxylation is 2. The van der Waals surface area contributed by atoms with E-state index in [1.807, 2.05) is 6.92 Å². The first-order valence-corrected chi connectivity index (χ1v) is 6.07. The maximum Gasteiger partial charge on any atom is 0.0928 e. The van der Waals surface area contributed by atoms with Crippen LogP contribution in [0, 0.1) is 6.92 Å². The lowest BCUT2D eigenvalue weighted by Gasteiger charge is -2.02. The molecule has 3 heteroatoms. The highest BCUT2D eigenvalue weighted by molar-refractivity contribution is 9.09. The number of thiazole rings is 1. The van der Waals surface area contributed by atoms with Crippen molar-refractivity contribution in [2.45, 2.75) is 37.9 Å². The standard InChI is InChI=1S/C9H14BrNS/c1-3-8(10)4-5-9-11-7(2)6-12-9/h6,8H,3-5H2,1-2H3. The number of rotatable bonds is 4. The molecule has 0 saturated carbocycles. The summed E-state index contributed by atoms with van der Waals surface area (Å²) >= 11 is 5.39. The summed E-state index contributed by atoms with van der Waals surface area (Å²) in [6.07, 6.45) is 3.51. The lowest BCUT2D eigenvalue weighted by atomic mass is 10.2. The quantitative estimate of drug-likeness (QED) is 0.742. The van der Waals surface area contributed by atoms with Crippen molar-refractivity contribution in [3.8, 4) is 0 Å². The highest BCUT2D eigenvalue weighted by atomic mass is 79.9. The third kappa shape index (κ3) is 3.23. The monoisotopic (exact) mass is 247 g/mol. The zero-order valence-corrected chi connectivity index (χ0v) is 9.91. The Morgan fingerprint density at radius 3 is 2.92 bits per heavy atom. The van der Waals surface area contributed by atoms with Crippen LogP contribution in [0.3, 0.4) is 0 Å². The maximum absolute atomic E-state index is 4.41. The minimum atomic E-state index is 0.654. The molecule has 0 fully saturated rings. The molecule has 0 bridgehead atoms. The zero-order chi connectivity index (χ0) is 8.97. The molecule has 0 saturated heterocycles. The molecule has 68 valence electrons. The SMILES string of the molecule is CCC(Br)CCc1nc(C)cs1. The van der Waals surface area contributed by atoms with Crippen LogP contribution in [0.1, 0.15) is 30.5 Å². The maximum atomic E-state index is 4.41. The predicted molar refractivity (Wildman–Crippen MR) is 58.2 cm³/mol. The van der Waals surface area contributed by atoms with E-state index in [0.29, 0.717) is 4.83 Å². The predicted octanol–water partition coefficient (Wildman–Crippen LogP) is 3.56. The number of aromatic nitrogens is 1. The lowest BCUT2D eigenvalue weighted by Crippen LogP contribution is -1.97. The summed E-state index contributed by atoms with van der Waals surface area (Å²) in [4.78, 5) is 5.07. The van der Waals surface area contributed by atoms with Crippen molar-refractivity contribution < 1.29 is 0 Å². The highest BCUT2D eigenvalue weighted by Crippen LogP contribution is 2.16. The first-order chi connectivity index (χ1) is 5.72. The van der Waals surface area contributed by atoms with Crippen LogP contribution in [0.15, 0.2) is 5.38 Å². The van der Waals surface area contributed by atoms with Gasteiger partial charge in [-0.2, -0.15) is 0 Å². The summed E-state index contributed by atoms with van der Waals surface area (Å²) < 4.78 is 0. The van der Waals surface area contributed by atoms with Crippen molar-refractivity contribution in [1.29, 1.82) is 0 Å². The Bertz CT molecular complexity index is 234. The van der Waals surface area contributed by atoms with E-state index in [4.69, 9.17) is 0 Å². The second kappa shape index (κ2) is 4.97. The van der Waals surface area contributed by atoms with Gasteiger partial charge in [-0.05, 0) is 19.8 Å². The fourth-order valence-electron chi connectivity index (χ4n) is 1.00. The minimum Gasteiger partial charge on any atom is -0.247 e. The molecule has 1 heterocycles. The largest absolute Gasteiger partial charge is 0.247 e. The molecule has 1 aromatic rings. The molecule has 0 aliphatic rings. The first-order valence-electron chi connectivity index (χ1n) is 4.27. The third-order valence-corrected chi connectivity index (χ3v) is 3.91. The first kappa shape index (κ1) is 10.2. The van der Waals surface area contributed by atoms with Gasteiger partial charge in [0.25, 0.3) is 0 Å². The molecule has 0 amide bonds. The van der Waals surface area contributed by atoms with Crippen molar-refractivity contribution in [2.24, 2.45) is 0 Å². The van der Waals surface area contributed by atoms with Crippen LogP contribution in [0.5, 0.6) is 0 Å². The van der Waals surface area contributed by atoms with Gasteiger partial charge < -0.3 is 0 Å². The summed E-state index contributed by atoms with van der Waals surface area (Å²) in [6, 6.07) is 0. The molecule has 0 radical (unpaired) electrons. The third-order valence-electron chi connectivity index (χ3n) is 1.78.